The summed E-state index contributed by atoms with van der Waals surface area (Å²) < 4.78 is 5.76. The molecule has 0 aliphatic heterocycles. The van der Waals surface area contributed by atoms with E-state index in [1.54, 1.807) is 0 Å². The van der Waals surface area contributed by atoms with Gasteiger partial charge >= 0.3 is 0 Å². The summed E-state index contributed by atoms with van der Waals surface area (Å²) in [5, 5.41) is 6.69. The van der Waals surface area contributed by atoms with E-state index in [0.717, 1.165) is 18.0 Å². The molecule has 1 rings (SSSR count). The van der Waals surface area contributed by atoms with Crippen molar-refractivity contribution in [3.8, 4) is 5.75 Å². The highest BCUT2D eigenvalue weighted by Gasteiger charge is 2.15. The van der Waals surface area contributed by atoms with Crippen molar-refractivity contribution in [1.82, 2.24) is 5.32 Å². The number of benzene rings is 1. The van der Waals surface area contributed by atoms with E-state index in [2.05, 4.69) is 24.5 Å². The van der Waals surface area contributed by atoms with Gasteiger partial charge in [-0.05, 0) is 46.9 Å². The summed E-state index contributed by atoms with van der Waals surface area (Å²) in [5.74, 6) is 0.911. The molecule has 0 fully saturated rings. The summed E-state index contributed by atoms with van der Waals surface area (Å²) in [6.45, 7) is 9.24. The second-order valence-electron chi connectivity index (χ2n) is 5.15. The largest absolute Gasteiger partial charge is 0.489 e. The Kier molecular flexibility index (Phi) is 4.82. The maximum absolute atomic E-state index is 5.76. The average molecular weight is 236 g/mol. The van der Waals surface area contributed by atoms with Crippen LogP contribution in [0.3, 0.4) is 0 Å². The molecule has 0 saturated heterocycles. The first-order valence-electron chi connectivity index (χ1n) is 6.13. The fourth-order valence-corrected chi connectivity index (χ4v) is 1.37. The Labute approximate surface area is 105 Å². The molecule has 1 aromatic rings. The van der Waals surface area contributed by atoms with Gasteiger partial charge in [0.15, 0.2) is 0 Å². The zero-order chi connectivity index (χ0) is 12.9. The first-order chi connectivity index (χ1) is 7.94. The Morgan fingerprint density at radius 1 is 1.24 bits per heavy atom. The average Bonchev–Trinajstić information content (AvgIpc) is 2.27. The molecule has 3 nitrogen and oxygen atoms in total. The summed E-state index contributed by atoms with van der Waals surface area (Å²) in [7, 11) is 1.97. The lowest BCUT2D eigenvalue weighted by molar-refractivity contribution is 0.243. The fourth-order valence-electron chi connectivity index (χ4n) is 1.37. The third-order valence-electron chi connectivity index (χ3n) is 2.65. The number of hydrogen-bond donors (Lipinski definition) is 2. The predicted octanol–water partition coefficient (Wildman–Crippen LogP) is 2.88. The van der Waals surface area contributed by atoms with Crippen molar-refractivity contribution in [2.45, 2.75) is 39.3 Å². The van der Waals surface area contributed by atoms with Crippen LogP contribution in [0, 0.1) is 0 Å². The minimum atomic E-state index is 0.0605. The molecule has 0 atom stereocenters. The van der Waals surface area contributed by atoms with Crippen molar-refractivity contribution < 1.29 is 4.74 Å². The van der Waals surface area contributed by atoms with Gasteiger partial charge in [0.2, 0.25) is 0 Å². The second-order valence-corrected chi connectivity index (χ2v) is 5.15. The number of anilines is 1. The third-order valence-corrected chi connectivity index (χ3v) is 2.65. The predicted molar refractivity (Wildman–Crippen MR) is 73.8 cm³/mol. The topological polar surface area (TPSA) is 33.3 Å². The molecule has 0 bridgehead atoms. The van der Waals surface area contributed by atoms with Crippen molar-refractivity contribution in [3.05, 3.63) is 24.3 Å². The standard InChI is InChI=1S/C14H24N2O/c1-11(2)17-13-9-7-6-8-12(13)16-10-14(3,4)15-5/h6-9,11,15-16H,10H2,1-5H3. The molecule has 96 valence electrons. The monoisotopic (exact) mass is 236 g/mol. The van der Waals surface area contributed by atoms with Crippen molar-refractivity contribution in [3.63, 3.8) is 0 Å². The molecule has 0 aliphatic carbocycles. The molecule has 0 unspecified atom stereocenters. The minimum absolute atomic E-state index is 0.0605. The normalized spacial score (nSPS) is 11.6. The molecule has 0 aromatic heterocycles. The Bertz CT molecular complexity index is 348. The summed E-state index contributed by atoms with van der Waals surface area (Å²) >= 11 is 0. The Morgan fingerprint density at radius 3 is 2.47 bits per heavy atom. The van der Waals surface area contributed by atoms with Crippen molar-refractivity contribution in [2.24, 2.45) is 0 Å². The van der Waals surface area contributed by atoms with E-state index in [-0.39, 0.29) is 11.6 Å². The summed E-state index contributed by atoms with van der Waals surface area (Å²) in [4.78, 5) is 0. The molecule has 1 aromatic carbocycles. The zero-order valence-corrected chi connectivity index (χ0v) is 11.5. The molecule has 0 aliphatic rings. The van der Waals surface area contributed by atoms with Crippen LogP contribution in [0.25, 0.3) is 0 Å². The van der Waals surface area contributed by atoms with Crippen LogP contribution in [0.2, 0.25) is 0 Å². The summed E-state index contributed by atoms with van der Waals surface area (Å²) in [6.07, 6.45) is 0.190. The number of ether oxygens (including phenoxy) is 1. The van der Waals surface area contributed by atoms with E-state index in [4.69, 9.17) is 4.74 Å². The number of nitrogens with one attached hydrogen (secondary N) is 2. The number of likely N-dealkylation sites (N-methyl/N-ethyl adjacent to an activating group) is 1. The van der Waals surface area contributed by atoms with Crippen LogP contribution in [-0.4, -0.2) is 25.2 Å². The quantitative estimate of drug-likeness (QED) is 0.797. The van der Waals surface area contributed by atoms with Crippen LogP contribution < -0.4 is 15.4 Å². The lowest BCUT2D eigenvalue weighted by Crippen LogP contribution is -2.42. The van der Waals surface area contributed by atoms with E-state index in [9.17, 15) is 0 Å². The second kappa shape index (κ2) is 5.92. The fraction of sp³-hybridized carbons (Fsp3) is 0.571. The van der Waals surface area contributed by atoms with Crippen LogP contribution >= 0.6 is 0 Å². The highest BCUT2D eigenvalue weighted by Crippen LogP contribution is 2.25. The van der Waals surface area contributed by atoms with Crippen LogP contribution in [0.5, 0.6) is 5.75 Å². The first kappa shape index (κ1) is 13.8. The highest BCUT2D eigenvalue weighted by molar-refractivity contribution is 5.56. The van der Waals surface area contributed by atoms with Gasteiger partial charge in [0.25, 0.3) is 0 Å². The Balaban J connectivity index is 2.70. The Morgan fingerprint density at radius 2 is 1.88 bits per heavy atom. The third kappa shape index (κ3) is 4.65. The molecular weight excluding hydrogens is 212 g/mol. The van der Waals surface area contributed by atoms with Crippen LogP contribution in [0.1, 0.15) is 27.7 Å². The van der Waals surface area contributed by atoms with E-state index < -0.39 is 0 Å². The van der Waals surface area contributed by atoms with E-state index in [1.165, 1.54) is 0 Å². The molecule has 2 N–H and O–H groups in total. The molecule has 0 radical (unpaired) electrons. The van der Waals surface area contributed by atoms with Crippen LogP contribution in [-0.2, 0) is 0 Å². The maximum Gasteiger partial charge on any atom is 0.142 e. The molecule has 0 heterocycles. The van der Waals surface area contributed by atoms with E-state index in [0.29, 0.717) is 0 Å². The molecular formula is C14H24N2O. The first-order valence-corrected chi connectivity index (χ1v) is 6.13. The van der Waals surface area contributed by atoms with Crippen LogP contribution in [0.4, 0.5) is 5.69 Å². The van der Waals surface area contributed by atoms with Crippen molar-refractivity contribution >= 4 is 5.69 Å². The maximum atomic E-state index is 5.76. The zero-order valence-electron chi connectivity index (χ0n) is 11.5. The number of para-hydroxylation sites is 2. The summed E-state index contributed by atoms with van der Waals surface area (Å²) in [6, 6.07) is 8.05. The van der Waals surface area contributed by atoms with Gasteiger partial charge in [0, 0.05) is 12.1 Å². The van der Waals surface area contributed by atoms with Gasteiger partial charge in [0.1, 0.15) is 5.75 Å². The number of hydrogen-bond acceptors (Lipinski definition) is 3. The lowest BCUT2D eigenvalue weighted by atomic mass is 10.1. The molecule has 17 heavy (non-hydrogen) atoms. The molecule has 0 saturated carbocycles. The highest BCUT2D eigenvalue weighted by atomic mass is 16.5. The summed E-state index contributed by atoms with van der Waals surface area (Å²) in [5.41, 5.74) is 1.11. The number of rotatable bonds is 6. The van der Waals surface area contributed by atoms with Gasteiger partial charge in [-0.15, -0.1) is 0 Å². The van der Waals surface area contributed by atoms with Gasteiger partial charge in [-0.2, -0.15) is 0 Å². The van der Waals surface area contributed by atoms with Gasteiger partial charge in [-0.25, -0.2) is 0 Å². The minimum Gasteiger partial charge on any atom is -0.489 e. The van der Waals surface area contributed by atoms with Gasteiger partial charge < -0.3 is 15.4 Å². The molecule has 3 heteroatoms. The van der Waals surface area contributed by atoms with Gasteiger partial charge in [0.05, 0.1) is 11.8 Å². The molecule has 0 spiro atoms. The van der Waals surface area contributed by atoms with Gasteiger partial charge in [-0.3, -0.25) is 0 Å². The van der Waals surface area contributed by atoms with Crippen LogP contribution in [0.15, 0.2) is 24.3 Å². The lowest BCUT2D eigenvalue weighted by Gasteiger charge is -2.25. The van der Waals surface area contributed by atoms with E-state index >= 15 is 0 Å². The Hall–Kier alpha value is -1.22. The van der Waals surface area contributed by atoms with E-state index in [1.807, 2.05) is 45.2 Å². The van der Waals surface area contributed by atoms with Gasteiger partial charge in [-0.1, -0.05) is 12.1 Å². The smallest absolute Gasteiger partial charge is 0.142 e. The SMILES string of the molecule is CNC(C)(C)CNc1ccccc1OC(C)C. The molecule has 0 amide bonds. The van der Waals surface area contributed by atoms with Crippen molar-refractivity contribution in [1.29, 1.82) is 0 Å². The van der Waals surface area contributed by atoms with Crippen molar-refractivity contribution in [2.75, 3.05) is 18.9 Å².